The Balaban J connectivity index is 1.56. The first-order chi connectivity index (χ1) is 16.9. The van der Waals surface area contributed by atoms with Crippen molar-refractivity contribution >= 4 is 22.7 Å². The number of nitrogens with zero attached hydrogens (tertiary/aromatic N) is 2. The number of nitrogens with one attached hydrogen (secondary N) is 1. The van der Waals surface area contributed by atoms with Gasteiger partial charge in [0.2, 0.25) is 5.91 Å². The second-order valence-corrected chi connectivity index (χ2v) is 10.6. The van der Waals surface area contributed by atoms with Crippen LogP contribution < -0.4 is 14.8 Å². The van der Waals surface area contributed by atoms with E-state index in [4.69, 9.17) is 14.2 Å². The van der Waals surface area contributed by atoms with E-state index >= 15 is 0 Å². The predicted molar refractivity (Wildman–Crippen MR) is 133 cm³/mol. The lowest BCUT2D eigenvalue weighted by atomic mass is 9.86. The van der Waals surface area contributed by atoms with E-state index in [9.17, 15) is 9.59 Å². The van der Waals surface area contributed by atoms with Crippen LogP contribution in [0.25, 0.3) is 10.9 Å². The highest BCUT2D eigenvalue weighted by molar-refractivity contribution is 6.06. The summed E-state index contributed by atoms with van der Waals surface area (Å²) in [6.45, 7) is 5.60. The van der Waals surface area contributed by atoms with Gasteiger partial charge in [-0.25, -0.2) is 0 Å². The maximum absolute atomic E-state index is 14.0. The maximum Gasteiger partial charge on any atom is 0.271 e. The van der Waals surface area contributed by atoms with Gasteiger partial charge in [0.1, 0.15) is 22.7 Å². The van der Waals surface area contributed by atoms with Gasteiger partial charge in [0.15, 0.2) is 0 Å². The van der Waals surface area contributed by atoms with E-state index in [0.29, 0.717) is 42.8 Å². The van der Waals surface area contributed by atoms with E-state index in [1.165, 1.54) is 0 Å². The van der Waals surface area contributed by atoms with E-state index in [1.807, 2.05) is 29.7 Å². The zero-order chi connectivity index (χ0) is 24.7. The molecule has 1 aliphatic carbocycles. The Bertz CT molecular complexity index is 1110. The van der Waals surface area contributed by atoms with Crippen LogP contribution in [-0.2, 0) is 16.1 Å². The number of hydrogen-bond donors (Lipinski definition) is 1. The maximum atomic E-state index is 14.0. The molecular weight excluding hydrogens is 446 g/mol. The molecule has 1 saturated heterocycles. The summed E-state index contributed by atoms with van der Waals surface area (Å²) in [6, 6.07) is 5.70. The summed E-state index contributed by atoms with van der Waals surface area (Å²) < 4.78 is 19.1. The molecule has 8 nitrogen and oxygen atoms in total. The lowest BCUT2D eigenvalue weighted by Crippen LogP contribution is -2.66. The van der Waals surface area contributed by atoms with Crippen LogP contribution in [0.1, 0.15) is 62.9 Å². The molecule has 1 aromatic carbocycles. The molecule has 2 amide bonds. The van der Waals surface area contributed by atoms with Crippen LogP contribution in [0.5, 0.6) is 11.5 Å². The summed E-state index contributed by atoms with van der Waals surface area (Å²) in [4.78, 5) is 29.7. The molecule has 1 N–H and O–H groups in total. The van der Waals surface area contributed by atoms with Gasteiger partial charge in [0.05, 0.1) is 32.4 Å². The van der Waals surface area contributed by atoms with Gasteiger partial charge in [-0.3, -0.25) is 9.59 Å². The molecule has 1 aromatic heterocycles. The van der Waals surface area contributed by atoms with Gasteiger partial charge in [-0.2, -0.15) is 0 Å². The van der Waals surface area contributed by atoms with Crippen molar-refractivity contribution < 1.29 is 23.8 Å². The predicted octanol–water partition coefficient (Wildman–Crippen LogP) is 3.75. The lowest BCUT2D eigenvalue weighted by molar-refractivity contribution is -0.134. The normalized spacial score (nSPS) is 28.7. The smallest absolute Gasteiger partial charge is 0.271 e. The van der Waals surface area contributed by atoms with Gasteiger partial charge in [-0.15, -0.1) is 0 Å². The summed E-state index contributed by atoms with van der Waals surface area (Å²) in [7, 11) is 3.23. The molecule has 2 fully saturated rings. The highest BCUT2D eigenvalue weighted by Gasteiger charge is 2.49. The molecule has 1 saturated carbocycles. The van der Waals surface area contributed by atoms with E-state index in [1.54, 1.807) is 19.1 Å². The largest absolute Gasteiger partial charge is 0.496 e. The van der Waals surface area contributed by atoms with Crippen LogP contribution in [0.4, 0.5) is 0 Å². The fourth-order valence-corrected chi connectivity index (χ4v) is 5.98. The number of fused-ring (bicyclic) bond motifs is 3. The molecule has 2 atom stereocenters. The highest BCUT2D eigenvalue weighted by atomic mass is 16.5. The third kappa shape index (κ3) is 4.15. The molecule has 0 bridgehead atoms. The fourth-order valence-electron chi connectivity index (χ4n) is 5.98. The van der Waals surface area contributed by atoms with Crippen molar-refractivity contribution in [3.8, 4) is 11.5 Å². The number of benzene rings is 1. The highest BCUT2D eigenvalue weighted by Crippen LogP contribution is 2.40. The first kappa shape index (κ1) is 24.0. The standard InChI is InChI=1S/C27H37N3O5/c1-17-7-9-18(10-8-17)28-26(32)27(2)16-29-21(25(31)30(27)15-19-6-5-13-35-19)14-20-22(33-3)11-12-23(34-4)24(20)29/h11-12,14,17-19H,5-10,13,15-16H2,1-4H3,(H,28,32). The summed E-state index contributed by atoms with van der Waals surface area (Å²) in [5.41, 5.74) is 0.258. The Kier molecular flexibility index (Phi) is 6.42. The number of carbonyl (C=O) groups is 2. The average molecular weight is 484 g/mol. The zero-order valence-corrected chi connectivity index (χ0v) is 21.3. The molecule has 3 heterocycles. The van der Waals surface area contributed by atoms with E-state index < -0.39 is 5.54 Å². The van der Waals surface area contributed by atoms with Crippen LogP contribution in [-0.4, -0.2) is 66.3 Å². The molecule has 190 valence electrons. The second kappa shape index (κ2) is 9.37. The van der Waals surface area contributed by atoms with Gasteiger partial charge in [0, 0.05) is 24.6 Å². The van der Waals surface area contributed by atoms with Crippen molar-refractivity contribution in [3.05, 3.63) is 23.9 Å². The van der Waals surface area contributed by atoms with Crippen molar-refractivity contribution in [1.29, 1.82) is 0 Å². The fraction of sp³-hybridized carbons (Fsp3) is 0.630. The van der Waals surface area contributed by atoms with E-state index in [0.717, 1.165) is 49.4 Å². The Morgan fingerprint density at radius 2 is 1.86 bits per heavy atom. The summed E-state index contributed by atoms with van der Waals surface area (Å²) in [5.74, 6) is 1.75. The average Bonchev–Trinajstić information content (AvgIpc) is 3.51. The number of hydrogen-bond acceptors (Lipinski definition) is 5. The number of aromatic nitrogens is 1. The summed E-state index contributed by atoms with van der Waals surface area (Å²) in [6.07, 6.45) is 6.00. The number of ether oxygens (including phenoxy) is 3. The number of carbonyl (C=O) groups excluding carboxylic acids is 2. The summed E-state index contributed by atoms with van der Waals surface area (Å²) >= 11 is 0. The molecular formula is C27H37N3O5. The zero-order valence-electron chi connectivity index (χ0n) is 21.3. The Morgan fingerprint density at radius 3 is 2.51 bits per heavy atom. The second-order valence-electron chi connectivity index (χ2n) is 10.6. The summed E-state index contributed by atoms with van der Waals surface area (Å²) in [5, 5.41) is 4.11. The number of methoxy groups -OCH3 is 2. The Morgan fingerprint density at radius 1 is 1.14 bits per heavy atom. The van der Waals surface area contributed by atoms with Crippen molar-refractivity contribution in [2.24, 2.45) is 5.92 Å². The van der Waals surface area contributed by atoms with E-state index in [2.05, 4.69) is 12.2 Å². The molecule has 3 aliphatic rings. The monoisotopic (exact) mass is 483 g/mol. The van der Waals surface area contributed by atoms with Gasteiger partial charge in [0.25, 0.3) is 5.91 Å². The minimum atomic E-state index is -1.06. The van der Waals surface area contributed by atoms with Crippen LogP contribution in [0.3, 0.4) is 0 Å². The quantitative estimate of drug-likeness (QED) is 0.677. The van der Waals surface area contributed by atoms with Gasteiger partial charge < -0.3 is 29.0 Å². The molecule has 2 unspecified atom stereocenters. The molecule has 5 rings (SSSR count). The van der Waals surface area contributed by atoms with Crippen LogP contribution in [0.2, 0.25) is 0 Å². The first-order valence-corrected chi connectivity index (χ1v) is 12.8. The molecule has 2 aromatic rings. The van der Waals surface area contributed by atoms with Crippen molar-refractivity contribution in [2.75, 3.05) is 27.4 Å². The van der Waals surface area contributed by atoms with Crippen molar-refractivity contribution in [2.45, 2.75) is 76.6 Å². The number of amides is 2. The first-order valence-electron chi connectivity index (χ1n) is 12.8. The molecule has 0 radical (unpaired) electrons. The Hall–Kier alpha value is -2.74. The number of rotatable bonds is 6. The lowest BCUT2D eigenvalue weighted by Gasteiger charge is -2.45. The molecule has 2 aliphatic heterocycles. The van der Waals surface area contributed by atoms with Gasteiger partial charge in [-0.1, -0.05) is 6.92 Å². The Labute approximate surface area is 206 Å². The molecule has 0 spiro atoms. The van der Waals surface area contributed by atoms with Gasteiger partial charge in [-0.05, 0) is 69.6 Å². The van der Waals surface area contributed by atoms with Crippen LogP contribution in [0, 0.1) is 5.92 Å². The molecule has 35 heavy (non-hydrogen) atoms. The van der Waals surface area contributed by atoms with Crippen molar-refractivity contribution in [1.82, 2.24) is 14.8 Å². The minimum Gasteiger partial charge on any atom is -0.496 e. The van der Waals surface area contributed by atoms with Crippen LogP contribution >= 0.6 is 0 Å². The van der Waals surface area contributed by atoms with Crippen molar-refractivity contribution in [3.63, 3.8) is 0 Å². The van der Waals surface area contributed by atoms with Crippen LogP contribution in [0.15, 0.2) is 18.2 Å². The third-order valence-corrected chi connectivity index (χ3v) is 8.20. The van der Waals surface area contributed by atoms with Gasteiger partial charge >= 0.3 is 0 Å². The minimum absolute atomic E-state index is 0.0541. The SMILES string of the molecule is COc1ccc(OC)c2c1cc1n2CC(C)(C(=O)NC2CCC(C)CC2)N(CC2CCCO2)C1=O. The topological polar surface area (TPSA) is 82.0 Å². The molecule has 8 heteroatoms. The third-order valence-electron chi connectivity index (χ3n) is 8.20. The van der Waals surface area contributed by atoms with E-state index in [-0.39, 0.29) is 24.0 Å².